The van der Waals surface area contributed by atoms with Gasteiger partial charge in [-0.25, -0.2) is 0 Å². The maximum Gasteiger partial charge on any atom is 0.188 e. The fraction of sp³-hybridized carbons (Fsp3) is 0.875. The SMILES string of the molecule is CO/N=C1/C[C@@H](C)O[C@@H](OC)[C@@H]1O. The van der Waals surface area contributed by atoms with Crippen molar-refractivity contribution in [3.05, 3.63) is 0 Å². The van der Waals surface area contributed by atoms with E-state index in [0.29, 0.717) is 12.1 Å². The number of hydrogen-bond donors (Lipinski definition) is 1. The lowest BCUT2D eigenvalue weighted by Gasteiger charge is -2.31. The van der Waals surface area contributed by atoms with Crippen LogP contribution in [0.1, 0.15) is 13.3 Å². The zero-order valence-corrected chi connectivity index (χ0v) is 8.06. The van der Waals surface area contributed by atoms with Gasteiger partial charge in [-0.3, -0.25) is 0 Å². The Bertz CT molecular complexity index is 195. The third-order valence-electron chi connectivity index (χ3n) is 1.90. The highest BCUT2D eigenvalue weighted by Crippen LogP contribution is 2.18. The summed E-state index contributed by atoms with van der Waals surface area (Å²) < 4.78 is 10.3. The molecule has 3 atom stereocenters. The highest BCUT2D eigenvalue weighted by atomic mass is 16.7. The average Bonchev–Trinajstić information content (AvgIpc) is 2.11. The number of aliphatic hydroxyl groups is 1. The molecule has 0 aromatic carbocycles. The van der Waals surface area contributed by atoms with Gasteiger partial charge in [-0.05, 0) is 6.92 Å². The van der Waals surface area contributed by atoms with Crippen LogP contribution in [0.15, 0.2) is 5.16 Å². The number of oxime groups is 1. The predicted octanol–water partition coefficient (Wildman–Crippen LogP) is 0.131. The third-order valence-corrected chi connectivity index (χ3v) is 1.90. The van der Waals surface area contributed by atoms with E-state index in [4.69, 9.17) is 9.47 Å². The molecule has 0 radical (unpaired) electrons. The average molecular weight is 189 g/mol. The standard InChI is InChI=1S/C8H15NO4/c1-5-4-6(9-12-3)7(10)8(11-2)13-5/h5,7-8,10H,4H2,1-3H3/b9-6-/t5-,7-,8-/m1/s1. The van der Waals surface area contributed by atoms with Crippen molar-refractivity contribution < 1.29 is 19.4 Å². The summed E-state index contributed by atoms with van der Waals surface area (Å²) >= 11 is 0. The van der Waals surface area contributed by atoms with Crippen LogP contribution >= 0.6 is 0 Å². The first-order valence-electron chi connectivity index (χ1n) is 4.15. The van der Waals surface area contributed by atoms with Gasteiger partial charge in [-0.2, -0.15) is 0 Å². The van der Waals surface area contributed by atoms with E-state index in [-0.39, 0.29) is 6.10 Å². The van der Waals surface area contributed by atoms with Crippen molar-refractivity contribution in [2.45, 2.75) is 31.8 Å². The van der Waals surface area contributed by atoms with E-state index in [1.807, 2.05) is 6.92 Å². The summed E-state index contributed by atoms with van der Waals surface area (Å²) in [5.41, 5.74) is 0.563. The molecular formula is C8H15NO4. The molecule has 1 fully saturated rings. The van der Waals surface area contributed by atoms with Gasteiger partial charge in [0.2, 0.25) is 0 Å². The number of hydrogen-bond acceptors (Lipinski definition) is 5. The molecule has 13 heavy (non-hydrogen) atoms. The Morgan fingerprint density at radius 2 is 2.23 bits per heavy atom. The van der Waals surface area contributed by atoms with E-state index in [9.17, 15) is 5.11 Å². The molecule has 0 aromatic heterocycles. The quantitative estimate of drug-likeness (QED) is 0.627. The summed E-state index contributed by atoms with van der Waals surface area (Å²) in [6.07, 6.45) is -0.921. The summed E-state index contributed by atoms with van der Waals surface area (Å²) in [7, 11) is 2.93. The van der Waals surface area contributed by atoms with E-state index in [0.717, 1.165) is 0 Å². The fourth-order valence-corrected chi connectivity index (χ4v) is 1.32. The van der Waals surface area contributed by atoms with Gasteiger partial charge in [-0.15, -0.1) is 0 Å². The van der Waals surface area contributed by atoms with Gasteiger partial charge >= 0.3 is 0 Å². The van der Waals surface area contributed by atoms with Crippen molar-refractivity contribution in [2.24, 2.45) is 5.16 Å². The number of methoxy groups -OCH3 is 1. The lowest BCUT2D eigenvalue weighted by atomic mass is 10.0. The maximum absolute atomic E-state index is 9.62. The van der Waals surface area contributed by atoms with Crippen molar-refractivity contribution in [1.29, 1.82) is 0 Å². The summed E-state index contributed by atoms with van der Waals surface area (Å²) in [6.45, 7) is 1.89. The second-order valence-electron chi connectivity index (χ2n) is 2.96. The van der Waals surface area contributed by atoms with Crippen molar-refractivity contribution >= 4 is 5.71 Å². The molecule has 1 heterocycles. The van der Waals surface area contributed by atoms with Crippen LogP contribution in [0.5, 0.6) is 0 Å². The summed E-state index contributed by atoms with van der Waals surface area (Å²) in [6, 6.07) is 0. The first-order valence-corrected chi connectivity index (χ1v) is 4.15. The normalized spacial score (nSPS) is 37.8. The third kappa shape index (κ3) is 2.40. The fourth-order valence-electron chi connectivity index (χ4n) is 1.32. The summed E-state index contributed by atoms with van der Waals surface area (Å²) in [5, 5.41) is 13.3. The molecule has 0 saturated carbocycles. The number of ether oxygens (including phenoxy) is 2. The molecule has 76 valence electrons. The Kier molecular flexibility index (Phi) is 3.65. The maximum atomic E-state index is 9.62. The largest absolute Gasteiger partial charge is 0.399 e. The van der Waals surface area contributed by atoms with Gasteiger partial charge in [-0.1, -0.05) is 5.16 Å². The van der Waals surface area contributed by atoms with Crippen molar-refractivity contribution in [3.8, 4) is 0 Å². The molecule has 5 heteroatoms. The zero-order chi connectivity index (χ0) is 9.84. The summed E-state index contributed by atoms with van der Waals surface area (Å²) in [5.74, 6) is 0. The van der Waals surface area contributed by atoms with Crippen LogP contribution in [0.2, 0.25) is 0 Å². The monoisotopic (exact) mass is 189 g/mol. The lowest BCUT2D eigenvalue weighted by Crippen LogP contribution is -2.45. The van der Waals surface area contributed by atoms with Crippen molar-refractivity contribution in [2.75, 3.05) is 14.2 Å². The minimum atomic E-state index is -0.832. The van der Waals surface area contributed by atoms with Crippen LogP contribution in [0, 0.1) is 0 Å². The van der Waals surface area contributed by atoms with Crippen LogP contribution < -0.4 is 0 Å². The number of nitrogens with zero attached hydrogens (tertiary/aromatic N) is 1. The Morgan fingerprint density at radius 1 is 1.54 bits per heavy atom. The predicted molar refractivity (Wildman–Crippen MR) is 46.4 cm³/mol. The second kappa shape index (κ2) is 4.55. The van der Waals surface area contributed by atoms with Gasteiger partial charge in [0.25, 0.3) is 0 Å². The molecule has 0 aliphatic carbocycles. The molecule has 0 unspecified atom stereocenters. The molecular weight excluding hydrogens is 174 g/mol. The molecule has 0 bridgehead atoms. The van der Waals surface area contributed by atoms with Crippen LogP contribution in [0.3, 0.4) is 0 Å². The van der Waals surface area contributed by atoms with Crippen LogP contribution in [-0.4, -0.2) is 43.5 Å². The molecule has 1 rings (SSSR count). The molecule has 5 nitrogen and oxygen atoms in total. The van der Waals surface area contributed by atoms with E-state index in [1.54, 1.807) is 0 Å². The Hall–Kier alpha value is -0.650. The Morgan fingerprint density at radius 3 is 2.77 bits per heavy atom. The Balaban J connectivity index is 2.68. The zero-order valence-electron chi connectivity index (χ0n) is 8.06. The minimum absolute atomic E-state index is 0.0118. The minimum Gasteiger partial charge on any atom is -0.399 e. The Labute approximate surface area is 77.3 Å². The molecule has 1 saturated heterocycles. The second-order valence-corrected chi connectivity index (χ2v) is 2.96. The first-order chi connectivity index (χ1) is 6.19. The lowest BCUT2D eigenvalue weighted by molar-refractivity contribution is -0.194. The van der Waals surface area contributed by atoms with Gasteiger partial charge in [0.05, 0.1) is 11.8 Å². The molecule has 1 aliphatic rings. The number of aliphatic hydroxyl groups excluding tert-OH is 1. The molecule has 1 aliphatic heterocycles. The van der Waals surface area contributed by atoms with Gasteiger partial charge in [0.1, 0.15) is 13.2 Å². The van der Waals surface area contributed by atoms with E-state index in [1.165, 1.54) is 14.2 Å². The molecule has 0 spiro atoms. The molecule has 0 aromatic rings. The van der Waals surface area contributed by atoms with Gasteiger partial charge < -0.3 is 19.4 Å². The van der Waals surface area contributed by atoms with E-state index < -0.39 is 12.4 Å². The van der Waals surface area contributed by atoms with Crippen LogP contribution in [0.25, 0.3) is 0 Å². The van der Waals surface area contributed by atoms with Crippen molar-refractivity contribution in [1.82, 2.24) is 0 Å². The first kappa shape index (κ1) is 10.4. The van der Waals surface area contributed by atoms with Gasteiger partial charge in [0.15, 0.2) is 6.29 Å². The van der Waals surface area contributed by atoms with E-state index in [2.05, 4.69) is 9.99 Å². The molecule has 1 N–H and O–H groups in total. The van der Waals surface area contributed by atoms with Crippen molar-refractivity contribution in [3.63, 3.8) is 0 Å². The van der Waals surface area contributed by atoms with Crippen LogP contribution in [-0.2, 0) is 14.3 Å². The number of rotatable bonds is 2. The van der Waals surface area contributed by atoms with E-state index >= 15 is 0 Å². The molecule has 0 amide bonds. The van der Waals surface area contributed by atoms with Crippen LogP contribution in [0.4, 0.5) is 0 Å². The topological polar surface area (TPSA) is 60.3 Å². The van der Waals surface area contributed by atoms with Gasteiger partial charge in [0, 0.05) is 13.5 Å². The highest BCUT2D eigenvalue weighted by Gasteiger charge is 2.33. The summed E-state index contributed by atoms with van der Waals surface area (Å²) in [4.78, 5) is 4.61. The smallest absolute Gasteiger partial charge is 0.188 e. The highest BCUT2D eigenvalue weighted by molar-refractivity contribution is 5.89.